The van der Waals surface area contributed by atoms with E-state index in [1.54, 1.807) is 4.90 Å². The lowest BCUT2D eigenvalue weighted by atomic mass is 9.71. The van der Waals surface area contributed by atoms with Crippen molar-refractivity contribution in [3.8, 4) is 0 Å². The molecule has 0 spiro atoms. The fourth-order valence-corrected chi connectivity index (χ4v) is 4.21. The molecule has 2 unspecified atom stereocenters. The number of piperidine rings is 1. The molecule has 0 bridgehead atoms. The molecule has 2 heterocycles. The standard InChI is InChI=1S/C18H20F3N3O2/c19-18(20,21)16-22-13-5-4-11(9-14(13)23-16)15(25)24-8-7-17(26)6-2-1-3-12(17)10-24/h4-5,9,12,26H,1-3,6-8,10H2,(H,22,23). The molecule has 1 aliphatic carbocycles. The summed E-state index contributed by atoms with van der Waals surface area (Å²) in [7, 11) is 0. The largest absolute Gasteiger partial charge is 0.449 e. The Balaban J connectivity index is 1.56. The third-order valence-corrected chi connectivity index (χ3v) is 5.71. The molecular formula is C18H20F3N3O2. The highest BCUT2D eigenvalue weighted by molar-refractivity contribution is 5.97. The van der Waals surface area contributed by atoms with Crippen LogP contribution in [0.15, 0.2) is 18.2 Å². The number of halogens is 3. The topological polar surface area (TPSA) is 69.2 Å². The molecule has 2 N–H and O–H groups in total. The van der Waals surface area contributed by atoms with Gasteiger partial charge in [-0.25, -0.2) is 4.98 Å². The van der Waals surface area contributed by atoms with Crippen LogP contribution in [0.1, 0.15) is 48.3 Å². The summed E-state index contributed by atoms with van der Waals surface area (Å²) < 4.78 is 38.3. The second-order valence-corrected chi connectivity index (χ2v) is 7.36. The molecule has 1 aromatic carbocycles. The molecule has 1 saturated carbocycles. The highest BCUT2D eigenvalue weighted by Gasteiger charge is 2.43. The number of hydrogen-bond acceptors (Lipinski definition) is 3. The van der Waals surface area contributed by atoms with Gasteiger partial charge in [-0.15, -0.1) is 0 Å². The van der Waals surface area contributed by atoms with E-state index in [1.807, 2.05) is 0 Å². The number of benzene rings is 1. The van der Waals surface area contributed by atoms with Crippen molar-refractivity contribution in [2.24, 2.45) is 5.92 Å². The summed E-state index contributed by atoms with van der Waals surface area (Å²) in [4.78, 5) is 20.3. The Morgan fingerprint density at radius 1 is 1.31 bits per heavy atom. The predicted molar refractivity (Wildman–Crippen MR) is 88.5 cm³/mol. The highest BCUT2D eigenvalue weighted by Crippen LogP contribution is 2.40. The molecule has 140 valence electrons. The van der Waals surface area contributed by atoms with Crippen LogP contribution in [0, 0.1) is 5.92 Å². The molecule has 1 saturated heterocycles. The number of nitrogens with one attached hydrogen (secondary N) is 1. The summed E-state index contributed by atoms with van der Waals surface area (Å²) in [6.07, 6.45) is -0.265. The van der Waals surface area contributed by atoms with Crippen molar-refractivity contribution in [3.63, 3.8) is 0 Å². The Morgan fingerprint density at radius 2 is 2.12 bits per heavy atom. The maximum atomic E-state index is 12.8. The lowest BCUT2D eigenvalue weighted by Crippen LogP contribution is -2.54. The van der Waals surface area contributed by atoms with E-state index >= 15 is 0 Å². The van der Waals surface area contributed by atoms with E-state index in [-0.39, 0.29) is 22.9 Å². The van der Waals surface area contributed by atoms with Gasteiger partial charge in [0.05, 0.1) is 16.6 Å². The third kappa shape index (κ3) is 2.96. The number of carbonyl (C=O) groups is 1. The first-order valence-electron chi connectivity index (χ1n) is 8.85. The van der Waals surface area contributed by atoms with Gasteiger partial charge in [-0.2, -0.15) is 13.2 Å². The van der Waals surface area contributed by atoms with Crippen LogP contribution in [0.25, 0.3) is 11.0 Å². The molecule has 26 heavy (non-hydrogen) atoms. The number of fused-ring (bicyclic) bond motifs is 2. The molecule has 2 aromatic rings. The summed E-state index contributed by atoms with van der Waals surface area (Å²) in [5, 5.41) is 10.7. The smallest absolute Gasteiger partial charge is 0.389 e. The Hall–Kier alpha value is -2.09. The number of nitrogens with zero attached hydrogens (tertiary/aromatic N) is 2. The zero-order chi connectivity index (χ0) is 18.5. The van der Waals surface area contributed by atoms with Gasteiger partial charge in [0.25, 0.3) is 5.91 Å². The van der Waals surface area contributed by atoms with Gasteiger partial charge in [0, 0.05) is 24.6 Å². The van der Waals surface area contributed by atoms with Gasteiger partial charge in [-0.1, -0.05) is 12.8 Å². The molecule has 5 nitrogen and oxygen atoms in total. The fraction of sp³-hybridized carbons (Fsp3) is 0.556. The van der Waals surface area contributed by atoms with Gasteiger partial charge in [0.1, 0.15) is 0 Å². The normalized spacial score (nSPS) is 26.8. The van der Waals surface area contributed by atoms with E-state index in [0.717, 1.165) is 25.7 Å². The first-order valence-corrected chi connectivity index (χ1v) is 8.85. The molecule has 4 rings (SSSR count). The molecule has 1 amide bonds. The van der Waals surface area contributed by atoms with Crippen LogP contribution in [-0.4, -0.2) is 44.6 Å². The van der Waals surface area contributed by atoms with E-state index in [0.29, 0.717) is 25.1 Å². The Bertz CT molecular complexity index is 848. The molecular weight excluding hydrogens is 347 g/mol. The number of alkyl halides is 3. The first-order chi connectivity index (χ1) is 12.3. The van der Waals surface area contributed by atoms with Gasteiger partial charge in [-0.3, -0.25) is 4.79 Å². The molecule has 1 aliphatic heterocycles. The molecule has 2 atom stereocenters. The summed E-state index contributed by atoms with van der Waals surface area (Å²) in [6.45, 7) is 0.949. The van der Waals surface area contributed by atoms with Crippen LogP contribution in [0.3, 0.4) is 0 Å². The molecule has 8 heteroatoms. The fourth-order valence-electron chi connectivity index (χ4n) is 4.21. The zero-order valence-electron chi connectivity index (χ0n) is 14.1. The minimum absolute atomic E-state index is 0.0710. The van der Waals surface area contributed by atoms with Crippen molar-refractivity contribution in [2.75, 3.05) is 13.1 Å². The summed E-state index contributed by atoms with van der Waals surface area (Å²) >= 11 is 0. The zero-order valence-corrected chi connectivity index (χ0v) is 14.1. The summed E-state index contributed by atoms with van der Waals surface area (Å²) in [5.41, 5.74) is 0.0175. The monoisotopic (exact) mass is 367 g/mol. The SMILES string of the molecule is O=C(c1ccc2nc(C(F)(F)F)[nH]c2c1)N1CCC2(O)CCCCC2C1. The molecule has 1 aromatic heterocycles. The third-order valence-electron chi connectivity index (χ3n) is 5.71. The van der Waals surface area contributed by atoms with E-state index < -0.39 is 17.6 Å². The Labute approximate surface area is 148 Å². The Kier molecular flexibility index (Phi) is 3.98. The van der Waals surface area contributed by atoms with Crippen LogP contribution in [0.2, 0.25) is 0 Å². The van der Waals surface area contributed by atoms with Crippen LogP contribution in [0.4, 0.5) is 13.2 Å². The number of likely N-dealkylation sites (tertiary alicyclic amines) is 1. The van der Waals surface area contributed by atoms with Crippen LogP contribution < -0.4 is 0 Å². The van der Waals surface area contributed by atoms with Gasteiger partial charge in [0.15, 0.2) is 0 Å². The highest BCUT2D eigenvalue weighted by atomic mass is 19.4. The average Bonchev–Trinajstić information content (AvgIpc) is 3.04. The van der Waals surface area contributed by atoms with Crippen molar-refractivity contribution >= 4 is 16.9 Å². The van der Waals surface area contributed by atoms with Crippen molar-refractivity contribution in [1.29, 1.82) is 0 Å². The van der Waals surface area contributed by atoms with E-state index in [2.05, 4.69) is 9.97 Å². The number of carbonyl (C=O) groups excluding carboxylic acids is 1. The summed E-state index contributed by atoms with van der Waals surface area (Å²) in [6, 6.07) is 4.35. The number of aliphatic hydroxyl groups is 1. The number of H-pyrrole nitrogens is 1. The second-order valence-electron chi connectivity index (χ2n) is 7.36. The number of hydrogen-bond donors (Lipinski definition) is 2. The minimum Gasteiger partial charge on any atom is -0.389 e. The van der Waals surface area contributed by atoms with E-state index in [9.17, 15) is 23.1 Å². The van der Waals surface area contributed by atoms with Gasteiger partial charge >= 0.3 is 6.18 Å². The number of aromatic nitrogens is 2. The summed E-state index contributed by atoms with van der Waals surface area (Å²) in [5.74, 6) is -1.22. The number of aromatic amines is 1. The number of rotatable bonds is 1. The van der Waals surface area contributed by atoms with E-state index in [1.165, 1.54) is 18.2 Å². The van der Waals surface area contributed by atoms with Crippen LogP contribution in [0.5, 0.6) is 0 Å². The lowest BCUT2D eigenvalue weighted by molar-refractivity contribution is -0.144. The molecule has 2 fully saturated rings. The number of imidazole rings is 1. The van der Waals surface area contributed by atoms with Crippen molar-refractivity contribution in [2.45, 2.75) is 43.9 Å². The number of amides is 1. The minimum atomic E-state index is -4.55. The average molecular weight is 367 g/mol. The predicted octanol–water partition coefficient (Wildman–Crippen LogP) is 3.35. The quantitative estimate of drug-likeness (QED) is 0.812. The van der Waals surface area contributed by atoms with Crippen molar-refractivity contribution in [1.82, 2.24) is 14.9 Å². The maximum absolute atomic E-state index is 12.8. The lowest BCUT2D eigenvalue weighted by Gasteiger charge is -2.47. The first kappa shape index (κ1) is 17.3. The van der Waals surface area contributed by atoms with Crippen LogP contribution >= 0.6 is 0 Å². The van der Waals surface area contributed by atoms with Gasteiger partial charge in [-0.05, 0) is 37.5 Å². The van der Waals surface area contributed by atoms with Gasteiger partial charge in [0.2, 0.25) is 5.82 Å². The van der Waals surface area contributed by atoms with Gasteiger partial charge < -0.3 is 15.0 Å². The second kappa shape index (κ2) is 5.97. The van der Waals surface area contributed by atoms with Crippen LogP contribution in [-0.2, 0) is 6.18 Å². The maximum Gasteiger partial charge on any atom is 0.449 e. The molecule has 2 aliphatic rings. The Morgan fingerprint density at radius 3 is 2.88 bits per heavy atom. The van der Waals surface area contributed by atoms with Crippen molar-refractivity contribution in [3.05, 3.63) is 29.6 Å². The van der Waals surface area contributed by atoms with Crippen molar-refractivity contribution < 1.29 is 23.1 Å². The molecule has 0 radical (unpaired) electrons. The van der Waals surface area contributed by atoms with E-state index in [4.69, 9.17) is 0 Å².